The van der Waals surface area contributed by atoms with E-state index < -0.39 is 41.1 Å². The molecule has 2 aliphatic rings. The summed E-state index contributed by atoms with van der Waals surface area (Å²) in [6.07, 6.45) is -4.59. The first kappa shape index (κ1) is 23.3. The van der Waals surface area contributed by atoms with Crippen molar-refractivity contribution in [3.05, 3.63) is 39.9 Å². The van der Waals surface area contributed by atoms with Crippen molar-refractivity contribution in [3.8, 4) is 0 Å². The van der Waals surface area contributed by atoms with E-state index in [0.717, 1.165) is 0 Å². The number of benzene rings is 1. The predicted molar refractivity (Wildman–Crippen MR) is 102 cm³/mol. The van der Waals surface area contributed by atoms with Gasteiger partial charge in [-0.15, -0.1) is 0 Å². The molecule has 0 aromatic heterocycles. The van der Waals surface area contributed by atoms with Crippen molar-refractivity contribution < 1.29 is 37.2 Å². The minimum absolute atomic E-state index is 0.0984. The minimum Gasteiger partial charge on any atom is -0.445 e. The molecule has 2 heterocycles. The highest BCUT2D eigenvalue weighted by atomic mass is 19.4. The molecule has 0 spiro atoms. The molecule has 3 rings (SSSR count). The summed E-state index contributed by atoms with van der Waals surface area (Å²) in [7, 11) is 0. The summed E-state index contributed by atoms with van der Waals surface area (Å²) in [6.45, 7) is -0.227. The number of carbonyl (C=O) groups excluding carboxylic acids is 3. The minimum atomic E-state index is -4.96. The van der Waals surface area contributed by atoms with Crippen molar-refractivity contribution in [2.24, 2.45) is 0 Å². The molecule has 1 aromatic rings. The van der Waals surface area contributed by atoms with E-state index in [1.807, 2.05) is 0 Å². The van der Waals surface area contributed by atoms with Crippen LogP contribution in [0.3, 0.4) is 0 Å². The summed E-state index contributed by atoms with van der Waals surface area (Å²) in [6, 6.07) is 4.01. The van der Waals surface area contributed by atoms with Crippen LogP contribution in [0, 0.1) is 10.1 Å². The highest BCUT2D eigenvalue weighted by Crippen LogP contribution is 2.23. The van der Waals surface area contributed by atoms with Crippen LogP contribution >= 0.6 is 0 Å². The molecular weight excluding hydrogens is 437 g/mol. The Hall–Kier alpha value is -3.38. The molecule has 2 saturated heterocycles. The number of alkyl halides is 3. The third kappa shape index (κ3) is 5.45. The molecule has 13 heteroatoms. The Morgan fingerprint density at radius 2 is 1.84 bits per heavy atom. The third-order valence-electron chi connectivity index (χ3n) is 5.36. The number of amides is 3. The van der Waals surface area contributed by atoms with Crippen molar-refractivity contribution in [1.82, 2.24) is 15.1 Å². The Morgan fingerprint density at radius 1 is 1.16 bits per heavy atom. The number of nitro benzene ring substituents is 1. The van der Waals surface area contributed by atoms with Gasteiger partial charge in [0.25, 0.3) is 5.69 Å². The second-order valence-corrected chi connectivity index (χ2v) is 7.57. The summed E-state index contributed by atoms with van der Waals surface area (Å²) in [4.78, 5) is 48.4. The van der Waals surface area contributed by atoms with Crippen LogP contribution in [-0.4, -0.2) is 70.5 Å². The molecule has 0 radical (unpaired) electrons. The number of hydrogen-bond acceptors (Lipinski definition) is 6. The third-order valence-corrected chi connectivity index (χ3v) is 5.36. The van der Waals surface area contributed by atoms with Crippen LogP contribution in [0.5, 0.6) is 0 Å². The lowest BCUT2D eigenvalue weighted by Gasteiger charge is -2.25. The van der Waals surface area contributed by atoms with Gasteiger partial charge in [0, 0.05) is 37.8 Å². The maximum Gasteiger partial charge on any atom is 0.471 e. The highest BCUT2D eigenvalue weighted by molar-refractivity contribution is 5.87. The molecule has 0 bridgehead atoms. The van der Waals surface area contributed by atoms with Gasteiger partial charge in [-0.2, -0.15) is 13.2 Å². The zero-order valence-electron chi connectivity index (χ0n) is 16.8. The second kappa shape index (κ2) is 9.40. The molecule has 10 nitrogen and oxygen atoms in total. The summed E-state index contributed by atoms with van der Waals surface area (Å²) >= 11 is 0. The van der Waals surface area contributed by atoms with E-state index in [0.29, 0.717) is 23.3 Å². The van der Waals surface area contributed by atoms with E-state index in [1.54, 1.807) is 0 Å². The molecule has 2 aliphatic heterocycles. The summed E-state index contributed by atoms with van der Waals surface area (Å²) in [5, 5.41) is 13.3. The molecular formula is C19H21F3N4O6. The number of nitro groups is 1. The fourth-order valence-electron chi connectivity index (χ4n) is 3.74. The quantitative estimate of drug-likeness (QED) is 0.532. The average Bonchev–Trinajstić information content (AvgIpc) is 3.40. The molecule has 0 aliphatic carbocycles. The van der Waals surface area contributed by atoms with Gasteiger partial charge >= 0.3 is 18.2 Å². The molecule has 0 unspecified atom stereocenters. The van der Waals surface area contributed by atoms with Crippen molar-refractivity contribution in [2.45, 2.75) is 44.1 Å². The zero-order valence-corrected chi connectivity index (χ0v) is 16.8. The maximum absolute atomic E-state index is 12.6. The van der Waals surface area contributed by atoms with Crippen LogP contribution in [0.4, 0.5) is 23.7 Å². The molecule has 1 N–H and O–H groups in total. The molecule has 2 fully saturated rings. The van der Waals surface area contributed by atoms with Crippen LogP contribution in [-0.2, 0) is 20.9 Å². The number of rotatable bonds is 5. The van der Waals surface area contributed by atoms with Gasteiger partial charge in [-0.3, -0.25) is 24.6 Å². The second-order valence-electron chi connectivity index (χ2n) is 7.57. The van der Waals surface area contributed by atoms with Crippen LogP contribution in [0.25, 0.3) is 0 Å². The molecule has 32 heavy (non-hydrogen) atoms. The van der Waals surface area contributed by atoms with E-state index >= 15 is 0 Å². The lowest BCUT2D eigenvalue weighted by Crippen LogP contribution is -2.50. The first-order chi connectivity index (χ1) is 15.1. The molecule has 174 valence electrons. The number of halogens is 3. The standard InChI is InChI=1S/C19H21F3N4O6/c20-19(21,22)17(28)24-9-7-13(10-24)23-16(27)15-2-1-8-25(15)18(29)32-11-12-3-5-14(6-4-12)26(30)31/h3-6,13,15H,1-2,7-11H2,(H,23,27)/t13-,15-/m0/s1. The smallest absolute Gasteiger partial charge is 0.445 e. The number of likely N-dealkylation sites (tertiary alicyclic amines) is 2. The van der Waals surface area contributed by atoms with Crippen molar-refractivity contribution in [1.29, 1.82) is 0 Å². The molecule has 2 atom stereocenters. The van der Waals surface area contributed by atoms with Crippen molar-refractivity contribution in [2.75, 3.05) is 19.6 Å². The number of carbonyl (C=O) groups is 3. The first-order valence-electron chi connectivity index (χ1n) is 9.89. The van der Waals surface area contributed by atoms with Gasteiger partial charge in [0.15, 0.2) is 0 Å². The number of nitrogens with one attached hydrogen (secondary N) is 1. The Labute approximate surface area is 180 Å². The lowest BCUT2D eigenvalue weighted by atomic mass is 10.2. The van der Waals surface area contributed by atoms with Crippen LogP contribution in [0.2, 0.25) is 0 Å². The summed E-state index contributed by atoms with van der Waals surface area (Å²) < 4.78 is 42.9. The number of ether oxygens (including phenoxy) is 1. The molecule has 1 aromatic carbocycles. The van der Waals surface area contributed by atoms with Gasteiger partial charge in [0.2, 0.25) is 5.91 Å². The van der Waals surface area contributed by atoms with E-state index in [2.05, 4.69) is 5.32 Å². The van der Waals surface area contributed by atoms with Crippen molar-refractivity contribution >= 4 is 23.6 Å². The van der Waals surface area contributed by atoms with Gasteiger partial charge in [0.1, 0.15) is 12.6 Å². The van der Waals surface area contributed by atoms with E-state index in [9.17, 15) is 37.7 Å². The highest BCUT2D eigenvalue weighted by Gasteiger charge is 2.45. The number of nitrogens with zero attached hydrogens (tertiary/aromatic N) is 3. The SMILES string of the molecule is O=C(N[C@H]1CCN(C(=O)C(F)(F)F)C1)[C@@H]1CCCN1C(=O)OCc1ccc([N+](=O)[O-])cc1. The normalized spacial score (nSPS) is 20.8. The Kier molecular flexibility index (Phi) is 6.84. The maximum atomic E-state index is 12.6. The summed E-state index contributed by atoms with van der Waals surface area (Å²) in [5.74, 6) is -2.45. The van der Waals surface area contributed by atoms with Crippen LogP contribution in [0.1, 0.15) is 24.8 Å². The summed E-state index contributed by atoms with van der Waals surface area (Å²) in [5.41, 5.74) is 0.434. The zero-order chi connectivity index (χ0) is 23.5. The fourth-order valence-corrected chi connectivity index (χ4v) is 3.74. The van der Waals surface area contributed by atoms with E-state index in [4.69, 9.17) is 4.74 Å². The first-order valence-corrected chi connectivity index (χ1v) is 9.89. The van der Waals surface area contributed by atoms with Gasteiger partial charge in [-0.25, -0.2) is 4.79 Å². The Balaban J connectivity index is 1.51. The van der Waals surface area contributed by atoms with Gasteiger partial charge in [-0.05, 0) is 37.0 Å². The molecule has 0 saturated carbocycles. The topological polar surface area (TPSA) is 122 Å². The fraction of sp³-hybridized carbons (Fsp3) is 0.526. The molecule has 3 amide bonds. The number of non-ortho nitro benzene ring substituents is 1. The van der Waals surface area contributed by atoms with E-state index in [-0.39, 0.29) is 38.3 Å². The lowest BCUT2D eigenvalue weighted by molar-refractivity contribution is -0.384. The largest absolute Gasteiger partial charge is 0.471 e. The van der Waals surface area contributed by atoms with Gasteiger partial charge in [0.05, 0.1) is 4.92 Å². The van der Waals surface area contributed by atoms with Gasteiger partial charge < -0.3 is 15.0 Å². The van der Waals surface area contributed by atoms with Crippen LogP contribution < -0.4 is 5.32 Å². The number of hydrogen-bond donors (Lipinski definition) is 1. The van der Waals surface area contributed by atoms with E-state index in [1.165, 1.54) is 29.2 Å². The van der Waals surface area contributed by atoms with Crippen molar-refractivity contribution in [3.63, 3.8) is 0 Å². The Bertz CT molecular complexity index is 892. The van der Waals surface area contributed by atoms with Gasteiger partial charge in [-0.1, -0.05) is 0 Å². The monoisotopic (exact) mass is 458 g/mol. The average molecular weight is 458 g/mol. The predicted octanol–water partition coefficient (Wildman–Crippen LogP) is 1.98. The Morgan fingerprint density at radius 3 is 2.47 bits per heavy atom. The van der Waals surface area contributed by atoms with Crippen LogP contribution in [0.15, 0.2) is 24.3 Å².